The summed E-state index contributed by atoms with van der Waals surface area (Å²) in [7, 11) is 0. The third-order valence-corrected chi connectivity index (χ3v) is 5.10. The maximum Gasteiger partial charge on any atom is 0.253 e. The predicted molar refractivity (Wildman–Crippen MR) is 75.6 cm³/mol. The molecular weight excluding hydrogens is 370 g/mol. The number of carbonyl (C=O) groups excluding carboxylic acids is 1. The Balaban J connectivity index is 1.78. The quantitative estimate of drug-likeness (QED) is 0.866. The van der Waals surface area contributed by atoms with Gasteiger partial charge in [0.05, 0.1) is 13.1 Å². The molecule has 0 radical (unpaired) electrons. The lowest BCUT2D eigenvalue weighted by molar-refractivity contribution is 0.0950. The van der Waals surface area contributed by atoms with E-state index in [1.165, 1.54) is 11.3 Å². The highest BCUT2D eigenvalue weighted by molar-refractivity contribution is 9.12. The summed E-state index contributed by atoms with van der Waals surface area (Å²) in [5.74, 6) is 0.589. The van der Waals surface area contributed by atoms with Crippen LogP contribution in [-0.2, 0) is 4.74 Å². The molecule has 1 aliphatic heterocycles. The molecule has 0 spiro atoms. The number of ether oxygens (including phenoxy) is 1. The van der Waals surface area contributed by atoms with Gasteiger partial charge in [0.1, 0.15) is 0 Å². The number of hydrogen-bond acceptors (Lipinski definition) is 3. The second-order valence-electron chi connectivity index (χ2n) is 4.01. The third kappa shape index (κ3) is 3.77. The molecule has 2 rings (SSSR count). The molecule has 0 aromatic carbocycles. The van der Waals surface area contributed by atoms with E-state index in [1.807, 2.05) is 6.07 Å². The Bertz CT molecular complexity index is 402. The molecule has 1 saturated heterocycles. The van der Waals surface area contributed by atoms with Crippen LogP contribution in [0, 0.1) is 5.92 Å². The predicted octanol–water partition coefficient (Wildman–Crippen LogP) is 3.43. The molecule has 17 heavy (non-hydrogen) atoms. The fourth-order valence-electron chi connectivity index (χ4n) is 1.79. The van der Waals surface area contributed by atoms with Crippen molar-refractivity contribution in [3.8, 4) is 0 Å². The smallest absolute Gasteiger partial charge is 0.253 e. The van der Waals surface area contributed by atoms with Crippen LogP contribution in [-0.4, -0.2) is 25.7 Å². The van der Waals surface area contributed by atoms with Crippen molar-refractivity contribution in [2.75, 3.05) is 19.8 Å². The molecule has 1 aliphatic rings. The highest BCUT2D eigenvalue weighted by atomic mass is 79.9. The highest BCUT2D eigenvalue weighted by Gasteiger charge is 2.17. The number of thiophene rings is 1. The first-order valence-corrected chi connectivity index (χ1v) is 7.88. The topological polar surface area (TPSA) is 38.3 Å². The molecule has 0 saturated carbocycles. The van der Waals surface area contributed by atoms with Gasteiger partial charge in [0.15, 0.2) is 0 Å². The minimum Gasteiger partial charge on any atom is -0.381 e. The molecular formula is C11H13Br2NO2S. The average Bonchev–Trinajstić information content (AvgIpc) is 2.88. The van der Waals surface area contributed by atoms with Gasteiger partial charge in [-0.2, -0.15) is 0 Å². The monoisotopic (exact) mass is 381 g/mol. The Kier molecular flexibility index (Phi) is 5.02. The largest absolute Gasteiger partial charge is 0.381 e. The van der Waals surface area contributed by atoms with Gasteiger partial charge in [-0.05, 0) is 56.7 Å². The minimum atomic E-state index is -0.0160. The summed E-state index contributed by atoms with van der Waals surface area (Å²) >= 11 is 8.26. The van der Waals surface area contributed by atoms with E-state index in [2.05, 4.69) is 37.2 Å². The van der Waals surface area contributed by atoms with Gasteiger partial charge in [-0.1, -0.05) is 0 Å². The van der Waals surface area contributed by atoms with E-state index in [0.717, 1.165) is 33.6 Å². The zero-order valence-corrected chi connectivity index (χ0v) is 13.2. The van der Waals surface area contributed by atoms with Crippen molar-refractivity contribution in [2.45, 2.75) is 12.8 Å². The van der Waals surface area contributed by atoms with Crippen LogP contribution in [0.3, 0.4) is 0 Å². The van der Waals surface area contributed by atoms with Crippen LogP contribution in [0.15, 0.2) is 13.6 Å². The van der Waals surface area contributed by atoms with Crippen molar-refractivity contribution in [3.63, 3.8) is 0 Å². The Labute approximate surface area is 121 Å². The molecule has 1 amide bonds. The van der Waals surface area contributed by atoms with Crippen LogP contribution in [0.25, 0.3) is 0 Å². The van der Waals surface area contributed by atoms with Gasteiger partial charge in [0.2, 0.25) is 0 Å². The van der Waals surface area contributed by atoms with Gasteiger partial charge in [0, 0.05) is 19.8 Å². The van der Waals surface area contributed by atoms with E-state index in [1.54, 1.807) is 0 Å². The molecule has 1 aromatic rings. The Morgan fingerprint density at radius 2 is 2.41 bits per heavy atom. The zero-order chi connectivity index (χ0) is 12.3. The molecule has 6 heteroatoms. The summed E-state index contributed by atoms with van der Waals surface area (Å²) in [4.78, 5) is 11.9. The lowest BCUT2D eigenvalue weighted by atomic mass is 10.1. The van der Waals surface area contributed by atoms with Crippen LogP contribution < -0.4 is 5.32 Å². The van der Waals surface area contributed by atoms with Crippen molar-refractivity contribution >= 4 is 49.1 Å². The van der Waals surface area contributed by atoms with E-state index >= 15 is 0 Å². The van der Waals surface area contributed by atoms with Gasteiger partial charge >= 0.3 is 0 Å². The second-order valence-corrected chi connectivity index (χ2v) is 7.76. The van der Waals surface area contributed by atoms with Crippen molar-refractivity contribution in [1.29, 1.82) is 0 Å². The standard InChI is InChI=1S/C11H13Br2NO2S/c12-9-5-8(10(13)17-9)11(15)14-3-1-7-2-4-16-6-7/h5,7H,1-4,6H2,(H,14,15). The molecule has 3 nitrogen and oxygen atoms in total. The van der Waals surface area contributed by atoms with Crippen LogP contribution in [0.2, 0.25) is 0 Å². The van der Waals surface area contributed by atoms with Crippen LogP contribution in [0.1, 0.15) is 23.2 Å². The summed E-state index contributed by atoms with van der Waals surface area (Å²) in [6.07, 6.45) is 2.11. The molecule has 0 aliphatic carbocycles. The number of nitrogens with one attached hydrogen (secondary N) is 1. The summed E-state index contributed by atoms with van der Waals surface area (Å²) in [5, 5.41) is 2.94. The molecule has 1 N–H and O–H groups in total. The summed E-state index contributed by atoms with van der Waals surface area (Å²) < 4.78 is 7.12. The van der Waals surface area contributed by atoms with E-state index in [9.17, 15) is 4.79 Å². The molecule has 1 atom stereocenters. The number of amides is 1. The summed E-state index contributed by atoms with van der Waals surface area (Å²) in [6, 6.07) is 1.84. The van der Waals surface area contributed by atoms with Gasteiger partial charge in [-0.3, -0.25) is 4.79 Å². The molecule has 94 valence electrons. The molecule has 0 bridgehead atoms. The number of halogens is 2. The maximum atomic E-state index is 11.9. The number of rotatable bonds is 4. The van der Waals surface area contributed by atoms with Crippen molar-refractivity contribution in [2.24, 2.45) is 5.92 Å². The highest BCUT2D eigenvalue weighted by Crippen LogP contribution is 2.31. The summed E-state index contributed by atoms with van der Waals surface area (Å²) in [6.45, 7) is 2.41. The van der Waals surface area contributed by atoms with E-state index in [0.29, 0.717) is 18.0 Å². The van der Waals surface area contributed by atoms with Crippen molar-refractivity contribution in [3.05, 3.63) is 19.2 Å². The second kappa shape index (κ2) is 6.31. The zero-order valence-electron chi connectivity index (χ0n) is 9.17. The Hall–Kier alpha value is 0.0900. The number of carbonyl (C=O) groups is 1. The van der Waals surface area contributed by atoms with Gasteiger partial charge in [-0.15, -0.1) is 11.3 Å². The van der Waals surface area contributed by atoms with Crippen molar-refractivity contribution in [1.82, 2.24) is 5.32 Å². The Morgan fingerprint density at radius 3 is 3.00 bits per heavy atom. The lowest BCUT2D eigenvalue weighted by Crippen LogP contribution is -2.25. The third-order valence-electron chi connectivity index (χ3n) is 2.76. The first-order chi connectivity index (χ1) is 8.16. The van der Waals surface area contributed by atoms with E-state index in [4.69, 9.17) is 4.74 Å². The van der Waals surface area contributed by atoms with Crippen LogP contribution >= 0.6 is 43.2 Å². The molecule has 1 unspecified atom stereocenters. The van der Waals surface area contributed by atoms with Crippen LogP contribution in [0.5, 0.6) is 0 Å². The number of hydrogen-bond donors (Lipinski definition) is 1. The SMILES string of the molecule is O=C(NCCC1CCOC1)c1cc(Br)sc1Br. The Morgan fingerprint density at radius 1 is 1.59 bits per heavy atom. The van der Waals surface area contributed by atoms with Gasteiger partial charge in [0.25, 0.3) is 5.91 Å². The molecule has 1 fully saturated rings. The minimum absolute atomic E-state index is 0.0160. The fourth-order valence-corrected chi connectivity index (χ4v) is 4.58. The lowest BCUT2D eigenvalue weighted by Gasteiger charge is -2.08. The average molecular weight is 383 g/mol. The maximum absolute atomic E-state index is 11.9. The molecule has 1 aromatic heterocycles. The van der Waals surface area contributed by atoms with E-state index in [-0.39, 0.29) is 5.91 Å². The van der Waals surface area contributed by atoms with Gasteiger partial charge < -0.3 is 10.1 Å². The fraction of sp³-hybridized carbons (Fsp3) is 0.545. The summed E-state index contributed by atoms with van der Waals surface area (Å²) in [5.41, 5.74) is 0.699. The first kappa shape index (κ1) is 13.5. The molecule has 2 heterocycles. The first-order valence-electron chi connectivity index (χ1n) is 5.47. The van der Waals surface area contributed by atoms with Gasteiger partial charge in [-0.25, -0.2) is 0 Å². The van der Waals surface area contributed by atoms with E-state index < -0.39 is 0 Å². The van der Waals surface area contributed by atoms with Crippen LogP contribution in [0.4, 0.5) is 0 Å². The van der Waals surface area contributed by atoms with Crippen molar-refractivity contribution < 1.29 is 9.53 Å². The normalized spacial score (nSPS) is 19.5.